The first kappa shape index (κ1) is 16.0. The van der Waals surface area contributed by atoms with E-state index in [1.54, 1.807) is 12.1 Å². The van der Waals surface area contributed by atoms with Gasteiger partial charge in [0, 0.05) is 11.9 Å². The zero-order chi connectivity index (χ0) is 17.2. The summed E-state index contributed by atoms with van der Waals surface area (Å²) < 4.78 is 13.1. The molecule has 4 rings (SSSR count). The Labute approximate surface area is 153 Å². The third kappa shape index (κ3) is 3.34. The fourth-order valence-corrected chi connectivity index (χ4v) is 3.63. The van der Waals surface area contributed by atoms with Gasteiger partial charge in [-0.1, -0.05) is 35.9 Å². The number of nitrogens with zero attached hydrogens (tertiary/aromatic N) is 2. The predicted molar refractivity (Wildman–Crippen MR) is 102 cm³/mol. The molecule has 4 aromatic rings. The molecule has 2 aromatic carbocycles. The van der Waals surface area contributed by atoms with Gasteiger partial charge in [0.2, 0.25) is 0 Å². The van der Waals surface area contributed by atoms with Crippen LogP contribution in [0.25, 0.3) is 21.6 Å². The van der Waals surface area contributed by atoms with Gasteiger partial charge < -0.3 is 5.32 Å². The van der Waals surface area contributed by atoms with Crippen LogP contribution in [0.2, 0.25) is 5.02 Å². The van der Waals surface area contributed by atoms with Crippen molar-refractivity contribution in [2.75, 3.05) is 5.32 Å². The molecule has 0 unspecified atom stereocenters. The van der Waals surface area contributed by atoms with Gasteiger partial charge >= 0.3 is 0 Å². The number of benzene rings is 2. The Balaban J connectivity index is 1.73. The van der Waals surface area contributed by atoms with Crippen molar-refractivity contribution in [1.82, 2.24) is 9.97 Å². The second kappa shape index (κ2) is 6.78. The largest absolute Gasteiger partial charge is 0.365 e. The van der Waals surface area contributed by atoms with Gasteiger partial charge in [-0.2, -0.15) is 0 Å². The Kier molecular flexibility index (Phi) is 4.34. The van der Waals surface area contributed by atoms with Crippen LogP contribution in [0.3, 0.4) is 0 Å². The molecule has 0 bridgehead atoms. The van der Waals surface area contributed by atoms with Crippen LogP contribution in [0.5, 0.6) is 0 Å². The summed E-state index contributed by atoms with van der Waals surface area (Å²) in [5.74, 6) is 1.08. The molecule has 3 nitrogen and oxygen atoms in total. The van der Waals surface area contributed by atoms with Crippen molar-refractivity contribution in [1.29, 1.82) is 0 Å². The van der Waals surface area contributed by atoms with Gasteiger partial charge in [-0.3, -0.25) is 0 Å². The number of fused-ring (bicyclic) bond motifs is 1. The highest BCUT2D eigenvalue weighted by Gasteiger charge is 2.12. The van der Waals surface area contributed by atoms with Crippen LogP contribution in [0, 0.1) is 5.82 Å². The average Bonchev–Trinajstić information content (AvgIpc) is 3.07. The first-order chi connectivity index (χ1) is 12.2. The van der Waals surface area contributed by atoms with Crippen molar-refractivity contribution in [2.24, 2.45) is 0 Å². The molecule has 0 saturated heterocycles. The number of rotatable bonds is 4. The molecule has 0 spiro atoms. The van der Waals surface area contributed by atoms with Gasteiger partial charge in [0.15, 0.2) is 5.82 Å². The smallest absolute Gasteiger partial charge is 0.173 e. The SMILES string of the molecule is Fc1ccc(CNc2nc(-c3sccc3Cl)nc3ccccc23)cc1. The molecule has 0 atom stereocenters. The zero-order valence-electron chi connectivity index (χ0n) is 13.0. The van der Waals surface area contributed by atoms with Crippen molar-refractivity contribution in [2.45, 2.75) is 6.54 Å². The number of hydrogen-bond acceptors (Lipinski definition) is 4. The Hall–Kier alpha value is -2.50. The highest BCUT2D eigenvalue weighted by Crippen LogP contribution is 2.33. The first-order valence-corrected chi connectivity index (χ1v) is 8.95. The number of para-hydroxylation sites is 1. The Morgan fingerprint density at radius 3 is 2.56 bits per heavy atom. The van der Waals surface area contributed by atoms with Crippen molar-refractivity contribution in [3.63, 3.8) is 0 Å². The molecule has 0 radical (unpaired) electrons. The van der Waals surface area contributed by atoms with Crippen LogP contribution in [0.15, 0.2) is 60.0 Å². The van der Waals surface area contributed by atoms with Crippen molar-refractivity contribution >= 4 is 39.7 Å². The highest BCUT2D eigenvalue weighted by atomic mass is 35.5. The van der Waals surface area contributed by atoms with Crippen molar-refractivity contribution < 1.29 is 4.39 Å². The van der Waals surface area contributed by atoms with Crippen LogP contribution >= 0.6 is 22.9 Å². The minimum absolute atomic E-state index is 0.245. The predicted octanol–water partition coefficient (Wildman–Crippen LogP) is 5.76. The summed E-state index contributed by atoms with van der Waals surface area (Å²) in [7, 11) is 0. The molecular formula is C19H13ClFN3S. The van der Waals surface area contributed by atoms with E-state index in [4.69, 9.17) is 11.6 Å². The van der Waals surface area contributed by atoms with Crippen molar-refractivity contribution in [3.05, 3.63) is 76.4 Å². The van der Waals surface area contributed by atoms with E-state index in [0.29, 0.717) is 17.4 Å². The van der Waals surface area contributed by atoms with Crippen LogP contribution < -0.4 is 5.32 Å². The summed E-state index contributed by atoms with van der Waals surface area (Å²) >= 11 is 7.75. The molecular weight excluding hydrogens is 357 g/mol. The lowest BCUT2D eigenvalue weighted by Crippen LogP contribution is -2.04. The van der Waals surface area contributed by atoms with Gasteiger partial charge in [0.1, 0.15) is 11.6 Å². The maximum absolute atomic E-state index is 13.1. The standard InChI is InChI=1S/C19H13ClFN3S/c20-15-9-10-25-17(15)19-23-16-4-2-1-3-14(16)18(24-19)22-11-12-5-7-13(21)8-6-12/h1-10H,11H2,(H,22,23,24). The molecule has 2 heterocycles. The molecule has 0 saturated carbocycles. The summed E-state index contributed by atoms with van der Waals surface area (Å²) in [6, 6.07) is 16.1. The monoisotopic (exact) mass is 369 g/mol. The third-order valence-corrected chi connectivity index (χ3v) is 5.13. The fourth-order valence-electron chi connectivity index (χ4n) is 2.55. The topological polar surface area (TPSA) is 37.8 Å². The molecule has 25 heavy (non-hydrogen) atoms. The Morgan fingerprint density at radius 1 is 1.00 bits per heavy atom. The number of anilines is 1. The summed E-state index contributed by atoms with van der Waals surface area (Å²) in [6.45, 7) is 0.541. The van der Waals surface area contributed by atoms with E-state index < -0.39 is 0 Å². The summed E-state index contributed by atoms with van der Waals surface area (Å²) in [4.78, 5) is 10.1. The number of thiophene rings is 1. The average molecular weight is 370 g/mol. The Bertz CT molecular complexity index is 1030. The second-order valence-electron chi connectivity index (χ2n) is 5.49. The van der Waals surface area contributed by atoms with Gasteiger partial charge in [0.25, 0.3) is 0 Å². The lowest BCUT2D eigenvalue weighted by molar-refractivity contribution is 0.627. The van der Waals surface area contributed by atoms with E-state index in [-0.39, 0.29) is 5.82 Å². The number of hydrogen-bond donors (Lipinski definition) is 1. The van der Waals surface area contributed by atoms with Crippen LogP contribution in [-0.2, 0) is 6.54 Å². The molecule has 2 aromatic heterocycles. The number of aromatic nitrogens is 2. The van der Waals surface area contributed by atoms with Crippen LogP contribution in [-0.4, -0.2) is 9.97 Å². The molecule has 0 aliphatic carbocycles. The number of halogens is 2. The lowest BCUT2D eigenvalue weighted by atomic mass is 10.2. The second-order valence-corrected chi connectivity index (χ2v) is 6.81. The number of nitrogens with one attached hydrogen (secondary N) is 1. The van der Waals surface area contributed by atoms with E-state index in [9.17, 15) is 4.39 Å². The molecule has 0 amide bonds. The summed E-state index contributed by atoms with van der Waals surface area (Å²) in [5, 5.41) is 6.83. The van der Waals surface area contributed by atoms with E-state index in [1.165, 1.54) is 23.5 Å². The minimum atomic E-state index is -0.245. The van der Waals surface area contributed by atoms with E-state index in [0.717, 1.165) is 27.2 Å². The molecule has 1 N–H and O–H groups in total. The van der Waals surface area contributed by atoms with E-state index >= 15 is 0 Å². The Morgan fingerprint density at radius 2 is 1.80 bits per heavy atom. The van der Waals surface area contributed by atoms with E-state index in [1.807, 2.05) is 35.7 Å². The van der Waals surface area contributed by atoms with E-state index in [2.05, 4.69) is 15.3 Å². The third-order valence-electron chi connectivity index (χ3n) is 3.80. The van der Waals surface area contributed by atoms with Crippen LogP contribution in [0.4, 0.5) is 10.2 Å². The zero-order valence-corrected chi connectivity index (χ0v) is 14.6. The molecule has 124 valence electrons. The van der Waals surface area contributed by atoms with Crippen molar-refractivity contribution in [3.8, 4) is 10.7 Å². The minimum Gasteiger partial charge on any atom is -0.365 e. The summed E-state index contributed by atoms with van der Waals surface area (Å²) in [6.07, 6.45) is 0. The quantitative estimate of drug-likeness (QED) is 0.496. The molecule has 6 heteroatoms. The first-order valence-electron chi connectivity index (χ1n) is 7.69. The van der Waals surface area contributed by atoms with Crippen LogP contribution in [0.1, 0.15) is 5.56 Å². The lowest BCUT2D eigenvalue weighted by Gasteiger charge is -2.11. The van der Waals surface area contributed by atoms with Gasteiger partial charge in [0.05, 0.1) is 15.4 Å². The van der Waals surface area contributed by atoms with Gasteiger partial charge in [-0.15, -0.1) is 11.3 Å². The fraction of sp³-hybridized carbons (Fsp3) is 0.0526. The maximum atomic E-state index is 13.1. The molecule has 0 fully saturated rings. The van der Waals surface area contributed by atoms with Gasteiger partial charge in [-0.25, -0.2) is 14.4 Å². The highest BCUT2D eigenvalue weighted by molar-refractivity contribution is 7.14. The normalized spacial score (nSPS) is 11.0. The summed E-state index contributed by atoms with van der Waals surface area (Å²) in [5.41, 5.74) is 1.82. The van der Waals surface area contributed by atoms with Gasteiger partial charge in [-0.05, 0) is 41.3 Å². The molecule has 0 aliphatic rings. The maximum Gasteiger partial charge on any atom is 0.173 e. The molecule has 0 aliphatic heterocycles.